The fraction of sp³-hybridized carbons (Fsp3) is 0.375. The fourth-order valence-electron chi connectivity index (χ4n) is 2.91. The third-order valence-corrected chi connectivity index (χ3v) is 4.88. The molecule has 128 valence electrons. The lowest BCUT2D eigenvalue weighted by molar-refractivity contribution is 0.564. The second-order valence-corrected chi connectivity index (χ2v) is 6.58. The molecule has 9 heteroatoms. The predicted octanol–water partition coefficient (Wildman–Crippen LogP) is 2.69. The molecule has 0 radical (unpaired) electrons. The molecule has 0 spiro atoms. The van der Waals surface area contributed by atoms with Crippen LogP contribution in [0.5, 0.6) is 0 Å². The van der Waals surface area contributed by atoms with Crippen molar-refractivity contribution in [1.29, 1.82) is 0 Å². The third kappa shape index (κ3) is 2.84. The van der Waals surface area contributed by atoms with E-state index in [9.17, 15) is 0 Å². The maximum Gasteiger partial charge on any atom is 0.211 e. The van der Waals surface area contributed by atoms with Crippen molar-refractivity contribution in [2.24, 2.45) is 0 Å². The summed E-state index contributed by atoms with van der Waals surface area (Å²) >= 11 is 1.50. The number of fused-ring (bicyclic) bond motifs is 3. The zero-order valence-electron chi connectivity index (χ0n) is 14.1. The second-order valence-electron chi connectivity index (χ2n) is 5.63. The van der Waals surface area contributed by atoms with E-state index >= 15 is 0 Å². The molecular weight excluding hydrogens is 336 g/mol. The van der Waals surface area contributed by atoms with Gasteiger partial charge in [0.2, 0.25) is 5.16 Å². The van der Waals surface area contributed by atoms with Gasteiger partial charge in [0.15, 0.2) is 11.5 Å². The van der Waals surface area contributed by atoms with Crippen molar-refractivity contribution < 1.29 is 0 Å². The molecule has 0 aliphatic heterocycles. The lowest BCUT2D eigenvalue weighted by Gasteiger charge is -2.03. The summed E-state index contributed by atoms with van der Waals surface area (Å²) in [5.41, 5.74) is 2.85. The van der Waals surface area contributed by atoms with Crippen LogP contribution in [0.25, 0.3) is 22.1 Å². The van der Waals surface area contributed by atoms with E-state index in [-0.39, 0.29) is 0 Å². The van der Waals surface area contributed by atoms with Crippen LogP contribution >= 0.6 is 11.8 Å². The van der Waals surface area contributed by atoms with E-state index < -0.39 is 0 Å². The number of thioether (sulfide) groups is 1. The number of aryl methyl sites for hydroxylation is 2. The van der Waals surface area contributed by atoms with Gasteiger partial charge in [0.25, 0.3) is 0 Å². The van der Waals surface area contributed by atoms with E-state index in [1.165, 1.54) is 11.8 Å². The van der Waals surface area contributed by atoms with E-state index in [2.05, 4.69) is 56.3 Å². The van der Waals surface area contributed by atoms with Crippen LogP contribution in [0.1, 0.15) is 26.1 Å². The van der Waals surface area contributed by atoms with Crippen LogP contribution in [0.2, 0.25) is 0 Å². The molecule has 3 heterocycles. The largest absolute Gasteiger partial charge is 0.324 e. The van der Waals surface area contributed by atoms with Crippen LogP contribution in [0.3, 0.4) is 0 Å². The Kier molecular flexibility index (Phi) is 4.31. The Morgan fingerprint density at radius 2 is 1.96 bits per heavy atom. The Balaban J connectivity index is 1.67. The van der Waals surface area contributed by atoms with E-state index in [1.807, 2.05) is 16.8 Å². The maximum absolute atomic E-state index is 4.73. The smallest absolute Gasteiger partial charge is 0.211 e. The second kappa shape index (κ2) is 6.75. The molecular formula is C16H18N8S. The van der Waals surface area contributed by atoms with E-state index in [1.54, 1.807) is 0 Å². The van der Waals surface area contributed by atoms with Crippen molar-refractivity contribution in [2.75, 3.05) is 0 Å². The number of hydrogen-bond donors (Lipinski definition) is 0. The summed E-state index contributed by atoms with van der Waals surface area (Å²) in [6.45, 7) is 5.86. The number of aromatic nitrogens is 8. The Labute approximate surface area is 148 Å². The average molecular weight is 354 g/mol. The molecule has 0 saturated carbocycles. The SMILES string of the molecule is CCCn1nnnc1CSc1nnc2c3ccccc3n(CC)c2n1. The minimum Gasteiger partial charge on any atom is -0.324 e. The molecule has 8 nitrogen and oxygen atoms in total. The zero-order chi connectivity index (χ0) is 17.2. The number of hydrogen-bond acceptors (Lipinski definition) is 7. The Morgan fingerprint density at radius 1 is 1.08 bits per heavy atom. The summed E-state index contributed by atoms with van der Waals surface area (Å²) in [6.07, 6.45) is 0.989. The molecule has 4 aromatic rings. The van der Waals surface area contributed by atoms with Crippen LogP contribution in [0, 0.1) is 0 Å². The molecule has 3 aromatic heterocycles. The van der Waals surface area contributed by atoms with Gasteiger partial charge in [-0.05, 0) is 29.8 Å². The molecule has 0 amide bonds. The van der Waals surface area contributed by atoms with Gasteiger partial charge in [0, 0.05) is 18.5 Å². The third-order valence-electron chi connectivity index (χ3n) is 4.04. The summed E-state index contributed by atoms with van der Waals surface area (Å²) in [5, 5.41) is 22.3. The van der Waals surface area contributed by atoms with Crippen molar-refractivity contribution in [3.8, 4) is 0 Å². The van der Waals surface area contributed by atoms with Gasteiger partial charge in [0.05, 0.1) is 11.3 Å². The number of tetrazole rings is 1. The lowest BCUT2D eigenvalue weighted by atomic mass is 10.2. The van der Waals surface area contributed by atoms with Gasteiger partial charge < -0.3 is 4.57 Å². The van der Waals surface area contributed by atoms with Crippen molar-refractivity contribution >= 4 is 33.8 Å². The van der Waals surface area contributed by atoms with Crippen LogP contribution in [0.15, 0.2) is 29.4 Å². The quantitative estimate of drug-likeness (QED) is 0.492. The number of benzene rings is 1. The minimum absolute atomic E-state index is 0.618. The fourth-order valence-corrected chi connectivity index (χ4v) is 3.63. The normalized spacial score (nSPS) is 11.6. The summed E-state index contributed by atoms with van der Waals surface area (Å²) in [5.74, 6) is 1.44. The van der Waals surface area contributed by atoms with Crippen LogP contribution in [-0.2, 0) is 18.8 Å². The average Bonchev–Trinajstić information content (AvgIpc) is 3.21. The molecule has 0 N–H and O–H groups in total. The molecule has 0 aliphatic carbocycles. The first-order valence-electron chi connectivity index (χ1n) is 8.31. The van der Waals surface area contributed by atoms with Gasteiger partial charge >= 0.3 is 0 Å². The highest BCUT2D eigenvalue weighted by Crippen LogP contribution is 2.27. The van der Waals surface area contributed by atoms with Gasteiger partial charge in [0.1, 0.15) is 5.52 Å². The standard InChI is InChI=1S/C16H18N8S/c1-3-9-24-13(18-21-22-24)10-25-16-17-15-14(19-20-16)11-7-5-6-8-12(11)23(15)4-2/h5-8H,3-4,9-10H2,1-2H3. The maximum atomic E-state index is 4.73. The molecule has 0 fully saturated rings. The summed E-state index contributed by atoms with van der Waals surface area (Å²) < 4.78 is 3.99. The van der Waals surface area contributed by atoms with Gasteiger partial charge in [-0.2, -0.15) is 0 Å². The van der Waals surface area contributed by atoms with Crippen LogP contribution in [-0.4, -0.2) is 40.0 Å². The van der Waals surface area contributed by atoms with Gasteiger partial charge in [-0.3, -0.25) is 0 Å². The highest BCUT2D eigenvalue weighted by Gasteiger charge is 2.14. The Bertz CT molecular complexity index is 1020. The molecule has 0 saturated heterocycles. The number of para-hydroxylation sites is 1. The number of rotatable bonds is 6. The minimum atomic E-state index is 0.618. The zero-order valence-corrected chi connectivity index (χ0v) is 14.9. The predicted molar refractivity (Wildman–Crippen MR) is 96.2 cm³/mol. The first kappa shape index (κ1) is 15.9. The lowest BCUT2D eigenvalue weighted by Crippen LogP contribution is -2.05. The molecule has 25 heavy (non-hydrogen) atoms. The molecule has 4 rings (SSSR count). The first-order chi connectivity index (χ1) is 12.3. The van der Waals surface area contributed by atoms with Gasteiger partial charge in [-0.1, -0.05) is 36.9 Å². The molecule has 0 unspecified atom stereocenters. The van der Waals surface area contributed by atoms with E-state index in [0.717, 1.165) is 47.4 Å². The Hall–Kier alpha value is -2.55. The van der Waals surface area contributed by atoms with Crippen LogP contribution in [0.4, 0.5) is 0 Å². The van der Waals surface area contributed by atoms with E-state index in [4.69, 9.17) is 4.98 Å². The topological polar surface area (TPSA) is 87.2 Å². The highest BCUT2D eigenvalue weighted by atomic mass is 32.2. The summed E-state index contributed by atoms with van der Waals surface area (Å²) in [6, 6.07) is 8.20. The first-order valence-corrected chi connectivity index (χ1v) is 9.29. The van der Waals surface area contributed by atoms with Gasteiger partial charge in [-0.25, -0.2) is 9.67 Å². The molecule has 0 aliphatic rings. The summed E-state index contributed by atoms with van der Waals surface area (Å²) in [4.78, 5) is 4.73. The van der Waals surface area contributed by atoms with Crippen molar-refractivity contribution in [3.05, 3.63) is 30.1 Å². The Morgan fingerprint density at radius 3 is 2.80 bits per heavy atom. The van der Waals surface area contributed by atoms with Crippen molar-refractivity contribution in [3.63, 3.8) is 0 Å². The molecule has 0 atom stereocenters. The van der Waals surface area contributed by atoms with Crippen molar-refractivity contribution in [1.82, 2.24) is 40.0 Å². The number of nitrogens with zero attached hydrogens (tertiary/aromatic N) is 8. The highest BCUT2D eigenvalue weighted by molar-refractivity contribution is 7.98. The van der Waals surface area contributed by atoms with Gasteiger partial charge in [-0.15, -0.1) is 15.3 Å². The summed E-state index contributed by atoms with van der Waals surface area (Å²) in [7, 11) is 0. The molecule has 0 bridgehead atoms. The van der Waals surface area contributed by atoms with Crippen LogP contribution < -0.4 is 0 Å². The van der Waals surface area contributed by atoms with E-state index in [0.29, 0.717) is 10.9 Å². The molecule has 1 aromatic carbocycles. The van der Waals surface area contributed by atoms with Crippen molar-refractivity contribution in [2.45, 2.75) is 44.3 Å². The monoisotopic (exact) mass is 354 g/mol.